The van der Waals surface area contributed by atoms with Crippen LogP contribution in [0.4, 0.5) is 10.1 Å². The summed E-state index contributed by atoms with van der Waals surface area (Å²) in [5.41, 5.74) is 0.592. The van der Waals surface area contributed by atoms with Crippen molar-refractivity contribution in [3.63, 3.8) is 0 Å². The lowest BCUT2D eigenvalue weighted by atomic mass is 10.3. The number of anilines is 1. The smallest absolute Gasteiger partial charge is 0.263 e. The number of rotatable bonds is 5. The number of ether oxygens (including phenoxy) is 1. The Bertz CT molecular complexity index is 756. The van der Waals surface area contributed by atoms with E-state index in [4.69, 9.17) is 9.84 Å². The monoisotopic (exact) mass is 314 g/mol. The summed E-state index contributed by atoms with van der Waals surface area (Å²) in [5.74, 6) is -0.450. The molecule has 0 radical (unpaired) electrons. The summed E-state index contributed by atoms with van der Waals surface area (Å²) >= 11 is 0. The van der Waals surface area contributed by atoms with E-state index in [2.05, 4.69) is 4.72 Å². The van der Waals surface area contributed by atoms with Gasteiger partial charge in [-0.3, -0.25) is 4.72 Å². The Morgan fingerprint density at radius 1 is 1.38 bits per heavy atom. The van der Waals surface area contributed by atoms with E-state index in [-0.39, 0.29) is 22.9 Å². The van der Waals surface area contributed by atoms with Gasteiger partial charge >= 0.3 is 0 Å². The summed E-state index contributed by atoms with van der Waals surface area (Å²) in [6.45, 7) is -0.272. The van der Waals surface area contributed by atoms with E-state index in [9.17, 15) is 12.8 Å². The molecule has 2 N–H and O–H groups in total. The summed E-state index contributed by atoms with van der Waals surface area (Å²) in [4.78, 5) is 0.000396. The minimum atomic E-state index is -3.85. The molecule has 0 spiro atoms. The first-order chi connectivity index (χ1) is 9.87. The van der Waals surface area contributed by atoms with Crippen LogP contribution in [0.5, 0.6) is 5.75 Å². The predicted octanol–water partition coefficient (Wildman–Crippen LogP) is 1.47. The highest BCUT2D eigenvalue weighted by molar-refractivity contribution is 7.92. The molecule has 0 saturated heterocycles. The lowest BCUT2D eigenvalue weighted by Crippen LogP contribution is -2.13. The van der Waals surface area contributed by atoms with E-state index in [0.717, 1.165) is 12.1 Å². The zero-order chi connectivity index (χ0) is 15.6. The quantitative estimate of drug-likeness (QED) is 0.875. The van der Waals surface area contributed by atoms with Crippen LogP contribution in [-0.2, 0) is 23.7 Å². The first-order valence-corrected chi connectivity index (χ1v) is 7.48. The fraction of sp³-hybridized carbons (Fsp3) is 0.231. The van der Waals surface area contributed by atoms with E-state index in [0.29, 0.717) is 5.69 Å². The Morgan fingerprint density at radius 3 is 2.67 bits per heavy atom. The van der Waals surface area contributed by atoms with Gasteiger partial charge in [0.15, 0.2) is 0 Å². The van der Waals surface area contributed by atoms with Crippen LogP contribution >= 0.6 is 0 Å². The van der Waals surface area contributed by atoms with Crippen molar-refractivity contribution in [2.75, 3.05) is 11.8 Å². The molecule has 0 atom stereocenters. The Kier molecular flexibility index (Phi) is 4.19. The van der Waals surface area contributed by atoms with Crippen molar-refractivity contribution >= 4 is 15.7 Å². The number of aromatic nitrogens is 1. The number of aryl methyl sites for hydroxylation is 1. The molecule has 2 aromatic rings. The molecule has 6 nitrogen and oxygen atoms in total. The topological polar surface area (TPSA) is 80.6 Å². The van der Waals surface area contributed by atoms with Crippen molar-refractivity contribution in [2.45, 2.75) is 11.5 Å². The largest absolute Gasteiger partial charge is 0.494 e. The highest BCUT2D eigenvalue weighted by Crippen LogP contribution is 2.27. The first-order valence-electron chi connectivity index (χ1n) is 6.00. The van der Waals surface area contributed by atoms with Crippen LogP contribution in [0.1, 0.15) is 5.69 Å². The molecule has 0 aliphatic heterocycles. The summed E-state index contributed by atoms with van der Waals surface area (Å²) in [6.07, 6.45) is 1.38. The van der Waals surface area contributed by atoms with Gasteiger partial charge in [-0.25, -0.2) is 12.8 Å². The van der Waals surface area contributed by atoms with Gasteiger partial charge in [0.1, 0.15) is 16.5 Å². The maximum atomic E-state index is 13.1. The van der Waals surface area contributed by atoms with E-state index >= 15 is 0 Å². The second-order valence-corrected chi connectivity index (χ2v) is 6.07. The van der Waals surface area contributed by atoms with Gasteiger partial charge in [0.25, 0.3) is 10.0 Å². The molecule has 114 valence electrons. The third-order valence-electron chi connectivity index (χ3n) is 2.96. The lowest BCUT2D eigenvalue weighted by molar-refractivity contribution is 0.272. The second kappa shape index (κ2) is 5.74. The van der Waals surface area contributed by atoms with Gasteiger partial charge in [-0.2, -0.15) is 0 Å². The third-order valence-corrected chi connectivity index (χ3v) is 4.30. The van der Waals surface area contributed by atoms with E-state index in [1.807, 2.05) is 0 Å². The van der Waals surface area contributed by atoms with Gasteiger partial charge in [-0.1, -0.05) is 0 Å². The molecule has 0 aliphatic carbocycles. The number of nitrogens with zero attached hydrogens (tertiary/aromatic N) is 1. The van der Waals surface area contributed by atoms with Crippen LogP contribution in [0.3, 0.4) is 0 Å². The highest BCUT2D eigenvalue weighted by Gasteiger charge is 2.19. The van der Waals surface area contributed by atoms with E-state index in [1.54, 1.807) is 7.05 Å². The number of aliphatic hydroxyl groups excluding tert-OH is 1. The number of methoxy groups -OCH3 is 1. The van der Waals surface area contributed by atoms with E-state index in [1.165, 1.54) is 30.0 Å². The molecule has 1 aromatic heterocycles. The van der Waals surface area contributed by atoms with Crippen LogP contribution < -0.4 is 9.46 Å². The standard InChI is InChI=1S/C13H15FN2O4S/c1-16-7-11(6-10(16)8-17)21(18,19)15-12-4-3-9(14)5-13(12)20-2/h3-7,15,17H,8H2,1-2H3. The molecule has 0 fully saturated rings. The molecule has 1 aromatic carbocycles. The number of benzene rings is 1. The summed E-state index contributed by atoms with van der Waals surface area (Å²) in [7, 11) is -0.908. The third kappa shape index (κ3) is 3.17. The van der Waals surface area contributed by atoms with Crippen molar-refractivity contribution in [3.8, 4) is 5.75 Å². The van der Waals surface area contributed by atoms with Gasteiger partial charge < -0.3 is 14.4 Å². The van der Waals surface area contributed by atoms with Crippen LogP contribution in [-0.4, -0.2) is 25.2 Å². The number of sulfonamides is 1. The number of aliphatic hydroxyl groups is 1. The minimum absolute atomic E-state index is 0.000396. The molecule has 0 unspecified atom stereocenters. The normalized spacial score (nSPS) is 11.4. The van der Waals surface area contributed by atoms with Gasteiger partial charge in [0.2, 0.25) is 0 Å². The average molecular weight is 314 g/mol. The number of nitrogens with one attached hydrogen (secondary N) is 1. The van der Waals surface area contributed by atoms with Crippen molar-refractivity contribution in [2.24, 2.45) is 7.05 Å². The molecule has 0 amide bonds. The fourth-order valence-electron chi connectivity index (χ4n) is 1.83. The Morgan fingerprint density at radius 2 is 2.10 bits per heavy atom. The molecular formula is C13H15FN2O4S. The van der Waals surface area contributed by atoms with Crippen LogP contribution in [0.15, 0.2) is 35.4 Å². The molecule has 0 saturated carbocycles. The van der Waals surface area contributed by atoms with Gasteiger partial charge in [0.05, 0.1) is 19.4 Å². The van der Waals surface area contributed by atoms with Gasteiger partial charge in [-0.15, -0.1) is 0 Å². The van der Waals surface area contributed by atoms with Crippen LogP contribution in [0.2, 0.25) is 0 Å². The van der Waals surface area contributed by atoms with Gasteiger partial charge in [0, 0.05) is 25.0 Å². The molecule has 0 bridgehead atoms. The summed E-state index contributed by atoms with van der Waals surface area (Å²) in [6, 6.07) is 4.85. The molecule has 0 aliphatic rings. The number of halogens is 1. The van der Waals surface area contributed by atoms with Crippen molar-refractivity contribution in [1.29, 1.82) is 0 Å². The van der Waals surface area contributed by atoms with Crippen LogP contribution in [0.25, 0.3) is 0 Å². The minimum Gasteiger partial charge on any atom is -0.494 e. The van der Waals surface area contributed by atoms with Gasteiger partial charge in [-0.05, 0) is 18.2 Å². The zero-order valence-corrected chi connectivity index (χ0v) is 12.3. The molecule has 2 rings (SSSR count). The number of hydrogen-bond donors (Lipinski definition) is 2. The molecule has 21 heavy (non-hydrogen) atoms. The SMILES string of the molecule is COc1cc(F)ccc1NS(=O)(=O)c1cc(CO)n(C)c1. The maximum Gasteiger partial charge on any atom is 0.263 e. The molecule has 8 heteroatoms. The zero-order valence-electron chi connectivity index (χ0n) is 11.5. The molecular weight excluding hydrogens is 299 g/mol. The van der Waals surface area contributed by atoms with Crippen LogP contribution in [0, 0.1) is 5.82 Å². The first kappa shape index (κ1) is 15.3. The van der Waals surface area contributed by atoms with Crippen molar-refractivity contribution in [3.05, 3.63) is 42.0 Å². The highest BCUT2D eigenvalue weighted by atomic mass is 32.2. The maximum absolute atomic E-state index is 13.1. The van der Waals surface area contributed by atoms with Crippen molar-refractivity contribution in [1.82, 2.24) is 4.57 Å². The number of hydrogen-bond acceptors (Lipinski definition) is 4. The summed E-state index contributed by atoms with van der Waals surface area (Å²) in [5, 5.41) is 9.10. The Balaban J connectivity index is 2.37. The lowest BCUT2D eigenvalue weighted by Gasteiger charge is -2.10. The van der Waals surface area contributed by atoms with Crippen molar-refractivity contribution < 1.29 is 22.7 Å². The fourth-order valence-corrected chi connectivity index (χ4v) is 3.00. The van der Waals surface area contributed by atoms with E-state index < -0.39 is 15.8 Å². The predicted molar refractivity (Wildman–Crippen MR) is 75.1 cm³/mol. The average Bonchev–Trinajstić information content (AvgIpc) is 2.82. The Hall–Kier alpha value is -2.06. The Labute approximate surface area is 121 Å². The second-order valence-electron chi connectivity index (χ2n) is 4.39. The molecule has 1 heterocycles. The summed E-state index contributed by atoms with van der Waals surface area (Å²) < 4.78 is 46.5.